The molecule has 1 unspecified atom stereocenters. The number of rotatable bonds is 8. The normalized spacial score (nSPS) is 19.3. The molecule has 1 atom stereocenters. The summed E-state index contributed by atoms with van der Waals surface area (Å²) in [6.45, 7) is 6.15. The minimum Gasteiger partial charge on any atom is -0.0987 e. The van der Waals surface area contributed by atoms with Crippen LogP contribution in [0.3, 0.4) is 0 Å². The summed E-state index contributed by atoms with van der Waals surface area (Å²) < 4.78 is 0. The molecule has 0 heteroatoms. The predicted octanol–water partition coefficient (Wildman–Crippen LogP) is 6.88. The number of allylic oxidation sites excluding steroid dienone is 11. The summed E-state index contributed by atoms with van der Waals surface area (Å²) >= 11 is 0. The quantitative estimate of drug-likeness (QED) is 0.443. The van der Waals surface area contributed by atoms with Crippen molar-refractivity contribution in [3.8, 4) is 0 Å². The number of benzene rings is 1. The molecule has 0 heterocycles. The Balaban J connectivity index is 1.47. The summed E-state index contributed by atoms with van der Waals surface area (Å²) in [4.78, 5) is 0. The van der Waals surface area contributed by atoms with Gasteiger partial charge in [0, 0.05) is 11.5 Å². The van der Waals surface area contributed by atoms with Crippen LogP contribution in [0.25, 0.3) is 5.57 Å². The van der Waals surface area contributed by atoms with E-state index >= 15 is 0 Å². The zero-order valence-corrected chi connectivity index (χ0v) is 16.7. The van der Waals surface area contributed by atoms with Gasteiger partial charge in [0.25, 0.3) is 0 Å². The predicted molar refractivity (Wildman–Crippen MR) is 123 cm³/mol. The van der Waals surface area contributed by atoms with Crippen molar-refractivity contribution < 1.29 is 0 Å². The largest absolute Gasteiger partial charge is 0.0987 e. The molecule has 0 aromatic heterocycles. The van der Waals surface area contributed by atoms with Gasteiger partial charge in [0.2, 0.25) is 0 Å². The van der Waals surface area contributed by atoms with Crippen LogP contribution in [0.5, 0.6) is 0 Å². The van der Waals surface area contributed by atoms with Gasteiger partial charge in [0.1, 0.15) is 0 Å². The molecule has 2 radical (unpaired) electrons. The van der Waals surface area contributed by atoms with Gasteiger partial charge in [-0.2, -0.15) is 0 Å². The maximum absolute atomic E-state index is 4.01. The molecule has 2 aliphatic rings. The molecule has 2 aliphatic carbocycles. The molecule has 0 bridgehead atoms. The van der Waals surface area contributed by atoms with E-state index in [4.69, 9.17) is 0 Å². The smallest absolute Gasteiger partial charge is 0.0517 e. The Kier molecular flexibility index (Phi) is 5.78. The molecule has 0 fully saturated rings. The second-order valence-corrected chi connectivity index (χ2v) is 7.39. The first-order valence-electron chi connectivity index (χ1n) is 10.00. The Bertz CT molecular complexity index is 1010. The molecule has 0 nitrogen and oxygen atoms in total. The van der Waals surface area contributed by atoms with Crippen molar-refractivity contribution in [1.82, 2.24) is 0 Å². The topological polar surface area (TPSA) is 0 Å². The molecule has 0 spiro atoms. The standard InChI is InChI=1S/C29H24/c1-3-24(29-21-27(29)20-23-11-6-4-7-12-23)18-17-22(2)19-28(26-15-10-16-26)25-13-8-5-9-14-25/h3-8,10-13,15-19,21,26H,1,20H2,2H3/b22-17+,24-18+,28-19-. The van der Waals surface area contributed by atoms with Crippen LogP contribution in [0, 0.1) is 30.4 Å². The lowest BCUT2D eigenvalue weighted by molar-refractivity contribution is 0.954. The van der Waals surface area contributed by atoms with E-state index in [0.717, 1.165) is 12.0 Å². The van der Waals surface area contributed by atoms with E-state index in [2.05, 4.69) is 105 Å². The minimum atomic E-state index is 0.352. The zero-order chi connectivity index (χ0) is 20.1. The molecule has 0 amide bonds. The Hall–Kier alpha value is -3.30. The molecular weight excluding hydrogens is 348 g/mol. The fraction of sp³-hybridized carbons (Fsp3) is 0.103. The Morgan fingerprint density at radius 2 is 1.93 bits per heavy atom. The zero-order valence-electron chi connectivity index (χ0n) is 16.7. The van der Waals surface area contributed by atoms with Crippen molar-refractivity contribution in [3.05, 3.63) is 150 Å². The Morgan fingerprint density at radius 1 is 1.10 bits per heavy atom. The van der Waals surface area contributed by atoms with Gasteiger partial charge in [0.05, 0.1) is 5.92 Å². The van der Waals surface area contributed by atoms with Gasteiger partial charge in [-0.3, -0.25) is 0 Å². The van der Waals surface area contributed by atoms with Gasteiger partial charge in [-0.05, 0) is 48.6 Å². The molecule has 140 valence electrons. The highest BCUT2D eigenvalue weighted by atomic mass is 14.3. The van der Waals surface area contributed by atoms with Crippen LogP contribution in [-0.2, 0) is 6.42 Å². The third kappa shape index (κ3) is 4.76. The molecule has 0 N–H and O–H groups in total. The van der Waals surface area contributed by atoms with Gasteiger partial charge in [-0.1, -0.05) is 109 Å². The first-order valence-corrected chi connectivity index (χ1v) is 10.00. The van der Waals surface area contributed by atoms with Crippen LogP contribution in [0.2, 0.25) is 0 Å². The first-order chi connectivity index (χ1) is 14.2. The molecule has 0 saturated carbocycles. The monoisotopic (exact) mass is 372 g/mol. The molecular formula is C29H24. The first kappa shape index (κ1) is 19.0. The summed E-state index contributed by atoms with van der Waals surface area (Å²) in [6, 6.07) is 22.9. The van der Waals surface area contributed by atoms with Crippen molar-refractivity contribution in [2.24, 2.45) is 5.92 Å². The fourth-order valence-corrected chi connectivity index (χ4v) is 3.46. The maximum atomic E-state index is 4.01. The Morgan fingerprint density at radius 3 is 2.59 bits per heavy atom. The van der Waals surface area contributed by atoms with Gasteiger partial charge in [0.15, 0.2) is 0 Å². The van der Waals surface area contributed by atoms with Crippen LogP contribution >= 0.6 is 0 Å². The highest BCUT2D eigenvalue weighted by Crippen LogP contribution is 2.41. The molecule has 4 rings (SSSR count). The van der Waals surface area contributed by atoms with Crippen molar-refractivity contribution in [3.63, 3.8) is 0 Å². The van der Waals surface area contributed by atoms with Gasteiger partial charge < -0.3 is 0 Å². The van der Waals surface area contributed by atoms with Crippen LogP contribution in [0.15, 0.2) is 114 Å². The SMILES string of the molecule is C=C\C(=C/C=C(C)/C=C(/c1c#cccc1)C1[CH]C=C1)[C]1C=C1Cc1ccccc1. The lowest BCUT2D eigenvalue weighted by atomic mass is 9.83. The van der Waals surface area contributed by atoms with Gasteiger partial charge >= 0.3 is 0 Å². The second kappa shape index (κ2) is 8.80. The van der Waals surface area contributed by atoms with Gasteiger partial charge in [-0.25, -0.2) is 0 Å². The van der Waals surface area contributed by atoms with E-state index in [-0.39, 0.29) is 0 Å². The fourth-order valence-electron chi connectivity index (χ4n) is 3.46. The summed E-state index contributed by atoms with van der Waals surface area (Å²) in [7, 11) is 0. The average molecular weight is 373 g/mol. The van der Waals surface area contributed by atoms with Crippen LogP contribution in [-0.4, -0.2) is 0 Å². The van der Waals surface area contributed by atoms with E-state index in [0.29, 0.717) is 5.92 Å². The molecule has 2 aromatic carbocycles. The van der Waals surface area contributed by atoms with Crippen LogP contribution < -0.4 is 0 Å². The molecule has 29 heavy (non-hydrogen) atoms. The lowest BCUT2D eigenvalue weighted by Gasteiger charge is -2.20. The van der Waals surface area contributed by atoms with E-state index in [9.17, 15) is 0 Å². The summed E-state index contributed by atoms with van der Waals surface area (Å²) in [5.74, 6) is 1.67. The van der Waals surface area contributed by atoms with Gasteiger partial charge in [-0.15, -0.1) is 0 Å². The minimum absolute atomic E-state index is 0.352. The van der Waals surface area contributed by atoms with E-state index < -0.39 is 0 Å². The van der Waals surface area contributed by atoms with Crippen molar-refractivity contribution in [1.29, 1.82) is 0 Å². The second-order valence-electron chi connectivity index (χ2n) is 7.39. The third-order valence-corrected chi connectivity index (χ3v) is 5.21. The number of hydrogen-bond acceptors (Lipinski definition) is 0. The maximum Gasteiger partial charge on any atom is 0.0517 e. The van der Waals surface area contributed by atoms with E-state index in [1.165, 1.54) is 33.8 Å². The average Bonchev–Trinajstić information content (AvgIpc) is 3.47. The van der Waals surface area contributed by atoms with Crippen LogP contribution in [0.1, 0.15) is 18.1 Å². The summed E-state index contributed by atoms with van der Waals surface area (Å²) in [5.41, 5.74) is 7.48. The molecule has 0 aliphatic heterocycles. The van der Waals surface area contributed by atoms with E-state index in [1.54, 1.807) is 0 Å². The Labute approximate surface area is 175 Å². The molecule has 2 aromatic rings. The van der Waals surface area contributed by atoms with Crippen molar-refractivity contribution in [2.75, 3.05) is 0 Å². The number of hydrogen-bond donors (Lipinski definition) is 0. The summed E-state index contributed by atoms with van der Waals surface area (Å²) in [6.07, 6.45) is 18.3. The third-order valence-electron chi connectivity index (χ3n) is 5.21. The highest BCUT2D eigenvalue weighted by molar-refractivity contribution is 5.73. The summed E-state index contributed by atoms with van der Waals surface area (Å²) in [5, 5.41) is 0. The van der Waals surface area contributed by atoms with Crippen LogP contribution in [0.4, 0.5) is 0 Å². The van der Waals surface area contributed by atoms with E-state index in [1.807, 2.05) is 18.2 Å². The molecule has 0 saturated heterocycles. The van der Waals surface area contributed by atoms with Crippen molar-refractivity contribution in [2.45, 2.75) is 13.3 Å². The lowest BCUT2D eigenvalue weighted by Crippen LogP contribution is -2.07. The highest BCUT2D eigenvalue weighted by Gasteiger charge is 2.27. The van der Waals surface area contributed by atoms with Crippen molar-refractivity contribution >= 4 is 5.57 Å².